The molecule has 2 heteroatoms. The zero-order valence-corrected chi connectivity index (χ0v) is 6.69. The second-order valence-corrected chi connectivity index (χ2v) is 3.89. The quantitative estimate of drug-likeness (QED) is 0.446. The Kier molecular flexibility index (Phi) is 3.27. The van der Waals surface area contributed by atoms with Crippen molar-refractivity contribution in [1.82, 2.24) is 0 Å². The van der Waals surface area contributed by atoms with Crippen LogP contribution in [0.3, 0.4) is 0 Å². The standard InChI is InChI=1S/C4H10BI/c1-4(2)5(3)6/h4H,1-3H3. The lowest BCUT2D eigenvalue weighted by atomic mass is 9.69. The molecule has 0 aromatic rings. The normalized spacial score (nSPS) is 9.50. The van der Waals surface area contributed by atoms with Crippen LogP contribution < -0.4 is 0 Å². The molecule has 0 aromatic heterocycles. The molecule has 0 amide bonds. The van der Waals surface area contributed by atoms with Crippen LogP contribution in [0.2, 0.25) is 12.6 Å². The Labute approximate surface area is 53.7 Å². The first-order chi connectivity index (χ1) is 2.64. The van der Waals surface area contributed by atoms with Crippen molar-refractivity contribution in [3.8, 4) is 0 Å². The van der Waals surface area contributed by atoms with E-state index in [1.54, 1.807) is 0 Å². The van der Waals surface area contributed by atoms with Gasteiger partial charge < -0.3 is 0 Å². The lowest BCUT2D eigenvalue weighted by molar-refractivity contribution is 1.06. The summed E-state index contributed by atoms with van der Waals surface area (Å²) in [6.45, 7) is 6.69. The molecule has 0 unspecified atom stereocenters. The van der Waals surface area contributed by atoms with Gasteiger partial charge in [-0.3, -0.25) is 0 Å². The van der Waals surface area contributed by atoms with E-state index in [9.17, 15) is 0 Å². The van der Waals surface area contributed by atoms with Gasteiger partial charge in [0, 0.05) is 0 Å². The van der Waals surface area contributed by atoms with Crippen LogP contribution >= 0.6 is 22.4 Å². The van der Waals surface area contributed by atoms with E-state index in [0.29, 0.717) is 0 Å². The van der Waals surface area contributed by atoms with E-state index in [2.05, 4.69) is 43.0 Å². The van der Waals surface area contributed by atoms with Crippen LogP contribution in [0.4, 0.5) is 0 Å². The highest BCUT2D eigenvalue weighted by atomic mass is 127. The van der Waals surface area contributed by atoms with Gasteiger partial charge in [-0.15, -0.1) is 22.4 Å². The van der Waals surface area contributed by atoms with Gasteiger partial charge in [-0.2, -0.15) is 0 Å². The molecule has 36 valence electrons. The highest BCUT2D eigenvalue weighted by Gasteiger charge is 2.03. The fourth-order valence-corrected chi connectivity index (χ4v) is 0. The topological polar surface area (TPSA) is 0 Å². The predicted molar refractivity (Wildman–Crippen MR) is 40.7 cm³/mol. The van der Waals surface area contributed by atoms with Gasteiger partial charge in [-0.05, 0) is 0 Å². The number of halogens is 1. The van der Waals surface area contributed by atoms with Crippen molar-refractivity contribution in [3.63, 3.8) is 0 Å². The largest absolute Gasteiger partial charge is 0.217 e. The van der Waals surface area contributed by atoms with Crippen LogP contribution in [0.1, 0.15) is 13.8 Å². The molecule has 0 bridgehead atoms. The molecule has 0 aliphatic rings. The first-order valence-corrected chi connectivity index (χ1v) is 3.53. The highest BCUT2D eigenvalue weighted by molar-refractivity contribution is 14.1. The van der Waals surface area contributed by atoms with Crippen molar-refractivity contribution in [2.45, 2.75) is 26.5 Å². The molecule has 0 rings (SSSR count). The molecular formula is C4H10BI. The Morgan fingerprint density at radius 2 is 1.67 bits per heavy atom. The van der Waals surface area contributed by atoms with Gasteiger partial charge in [-0.1, -0.05) is 26.5 Å². The van der Waals surface area contributed by atoms with E-state index in [1.165, 1.54) is 0 Å². The SMILES string of the molecule is CB(I)C(C)C. The van der Waals surface area contributed by atoms with Crippen LogP contribution in [-0.2, 0) is 0 Å². The number of rotatable bonds is 1. The van der Waals surface area contributed by atoms with Crippen molar-refractivity contribution >= 4 is 26.9 Å². The van der Waals surface area contributed by atoms with Gasteiger partial charge in [0.05, 0.1) is 0 Å². The lowest BCUT2D eigenvalue weighted by Gasteiger charge is -1.98. The van der Waals surface area contributed by atoms with Crippen LogP contribution in [0, 0.1) is 0 Å². The summed E-state index contributed by atoms with van der Waals surface area (Å²) >= 11 is 2.43. The molecule has 0 spiro atoms. The number of hydrogen-bond donors (Lipinski definition) is 0. The molecule has 0 atom stereocenters. The van der Waals surface area contributed by atoms with Crippen LogP contribution in [0.15, 0.2) is 0 Å². The van der Waals surface area contributed by atoms with Gasteiger partial charge in [-0.25, -0.2) is 0 Å². The van der Waals surface area contributed by atoms with E-state index in [0.717, 1.165) is 10.4 Å². The van der Waals surface area contributed by atoms with E-state index in [1.807, 2.05) is 0 Å². The second-order valence-electron chi connectivity index (χ2n) is 1.92. The van der Waals surface area contributed by atoms with Crippen LogP contribution in [0.5, 0.6) is 0 Å². The lowest BCUT2D eigenvalue weighted by Crippen LogP contribution is -1.98. The summed E-state index contributed by atoms with van der Waals surface area (Å²) in [6.07, 6.45) is 0. The third-order valence-corrected chi connectivity index (χ3v) is 2.36. The summed E-state index contributed by atoms with van der Waals surface area (Å²) in [5, 5.41) is 0. The Bertz CT molecular complexity index is 28.5. The highest BCUT2D eigenvalue weighted by Crippen LogP contribution is 2.11. The fourth-order valence-electron chi connectivity index (χ4n) is 0. The molecule has 0 aliphatic heterocycles. The summed E-state index contributed by atoms with van der Waals surface area (Å²) < 4.78 is 0.822. The Morgan fingerprint density at radius 3 is 1.67 bits per heavy atom. The van der Waals surface area contributed by atoms with Crippen molar-refractivity contribution in [3.05, 3.63) is 0 Å². The zero-order valence-electron chi connectivity index (χ0n) is 4.53. The van der Waals surface area contributed by atoms with E-state index in [-0.39, 0.29) is 0 Å². The van der Waals surface area contributed by atoms with Gasteiger partial charge in [0.2, 0.25) is 4.57 Å². The van der Waals surface area contributed by atoms with Crippen molar-refractivity contribution in [1.29, 1.82) is 0 Å². The molecule has 0 nitrogen and oxygen atoms in total. The molecule has 0 fully saturated rings. The monoisotopic (exact) mass is 196 g/mol. The first kappa shape index (κ1) is 6.79. The van der Waals surface area contributed by atoms with Gasteiger partial charge in [0.25, 0.3) is 0 Å². The molecule has 0 saturated heterocycles. The zero-order chi connectivity index (χ0) is 5.15. The summed E-state index contributed by atoms with van der Waals surface area (Å²) in [5.41, 5.74) is 0. The van der Waals surface area contributed by atoms with Gasteiger partial charge in [0.1, 0.15) is 0 Å². The van der Waals surface area contributed by atoms with E-state index < -0.39 is 0 Å². The van der Waals surface area contributed by atoms with E-state index in [4.69, 9.17) is 0 Å². The van der Waals surface area contributed by atoms with Crippen molar-refractivity contribution < 1.29 is 0 Å². The first-order valence-electron chi connectivity index (χ1n) is 2.28. The van der Waals surface area contributed by atoms with Gasteiger partial charge in [0.15, 0.2) is 0 Å². The maximum absolute atomic E-state index is 2.43. The summed E-state index contributed by atoms with van der Waals surface area (Å²) in [5.74, 6) is 0.839. The van der Waals surface area contributed by atoms with Crippen LogP contribution in [-0.4, -0.2) is 4.57 Å². The van der Waals surface area contributed by atoms with Crippen molar-refractivity contribution in [2.75, 3.05) is 0 Å². The molecule has 0 saturated carbocycles. The molecule has 6 heavy (non-hydrogen) atoms. The molecule has 0 heterocycles. The molecular weight excluding hydrogens is 186 g/mol. The minimum absolute atomic E-state index is 0.822. The Balaban J connectivity index is 2.99. The molecule has 0 N–H and O–H groups in total. The summed E-state index contributed by atoms with van der Waals surface area (Å²) in [4.78, 5) is 0. The minimum Gasteiger partial charge on any atom is -0.150 e. The third-order valence-electron chi connectivity index (χ3n) is 0.919. The third kappa shape index (κ3) is 3.00. The molecule has 0 aliphatic carbocycles. The average Bonchev–Trinajstić information content (AvgIpc) is 1.36. The summed E-state index contributed by atoms with van der Waals surface area (Å²) in [6, 6.07) is 0. The van der Waals surface area contributed by atoms with Crippen LogP contribution in [0.25, 0.3) is 0 Å². The Morgan fingerprint density at radius 1 is 1.50 bits per heavy atom. The predicted octanol–water partition coefficient (Wildman–Crippen LogP) is 2.45. The fraction of sp³-hybridized carbons (Fsp3) is 1.00. The van der Waals surface area contributed by atoms with E-state index >= 15 is 0 Å². The maximum atomic E-state index is 2.43. The molecule has 0 radical (unpaired) electrons. The number of hydrogen-bond acceptors (Lipinski definition) is 0. The minimum atomic E-state index is 0.822. The van der Waals surface area contributed by atoms with Crippen molar-refractivity contribution in [2.24, 2.45) is 0 Å². The molecule has 0 aromatic carbocycles. The summed E-state index contributed by atoms with van der Waals surface area (Å²) in [7, 11) is 0. The van der Waals surface area contributed by atoms with Gasteiger partial charge >= 0.3 is 0 Å². The smallest absolute Gasteiger partial charge is 0.150 e. The average molecular weight is 196 g/mol. The second kappa shape index (κ2) is 2.89. The maximum Gasteiger partial charge on any atom is 0.217 e. The Hall–Kier alpha value is 0.795.